The summed E-state index contributed by atoms with van der Waals surface area (Å²) in [5.74, 6) is 0.676. The van der Waals surface area contributed by atoms with E-state index in [4.69, 9.17) is 5.73 Å². The molecule has 3 atom stereocenters. The SMILES string of the molecule is CCNC(c1cnccc1N)C1CC2CCC(C1)N2C. The van der Waals surface area contributed by atoms with Gasteiger partial charge in [0.2, 0.25) is 0 Å². The Balaban J connectivity index is 1.83. The lowest BCUT2D eigenvalue weighted by atomic mass is 9.82. The average molecular weight is 274 g/mol. The second kappa shape index (κ2) is 5.70. The van der Waals surface area contributed by atoms with Crippen LogP contribution in [0, 0.1) is 5.92 Å². The van der Waals surface area contributed by atoms with Crippen LogP contribution in [0.2, 0.25) is 0 Å². The summed E-state index contributed by atoms with van der Waals surface area (Å²) in [6, 6.07) is 3.80. The molecule has 0 saturated carbocycles. The Morgan fingerprint density at radius 3 is 2.70 bits per heavy atom. The molecule has 110 valence electrons. The fourth-order valence-electron chi connectivity index (χ4n) is 4.15. The van der Waals surface area contributed by atoms with Crippen molar-refractivity contribution < 1.29 is 0 Å². The Morgan fingerprint density at radius 2 is 2.10 bits per heavy atom. The van der Waals surface area contributed by atoms with Crippen molar-refractivity contribution >= 4 is 5.69 Å². The van der Waals surface area contributed by atoms with Crippen LogP contribution >= 0.6 is 0 Å². The van der Waals surface area contributed by atoms with Gasteiger partial charge in [0.1, 0.15) is 0 Å². The van der Waals surface area contributed by atoms with Gasteiger partial charge in [-0.15, -0.1) is 0 Å². The van der Waals surface area contributed by atoms with Crippen LogP contribution in [0.15, 0.2) is 18.5 Å². The largest absolute Gasteiger partial charge is 0.398 e. The smallest absolute Gasteiger partial charge is 0.0393 e. The number of nitrogen functional groups attached to an aromatic ring is 1. The molecule has 3 rings (SSSR count). The fraction of sp³-hybridized carbons (Fsp3) is 0.688. The molecule has 2 aliphatic heterocycles. The summed E-state index contributed by atoms with van der Waals surface area (Å²) in [4.78, 5) is 6.87. The van der Waals surface area contributed by atoms with Crippen molar-refractivity contribution in [3.05, 3.63) is 24.0 Å². The molecule has 1 aromatic rings. The lowest BCUT2D eigenvalue weighted by Crippen LogP contribution is -2.43. The molecule has 0 aliphatic carbocycles. The van der Waals surface area contributed by atoms with Crippen molar-refractivity contribution in [2.24, 2.45) is 5.92 Å². The molecule has 0 radical (unpaired) electrons. The standard InChI is InChI=1S/C16H26N4/c1-3-19-16(14-10-18-7-6-15(14)17)11-8-12-4-5-13(9-11)20(12)2/h6-7,10-13,16,19H,3-5,8-9H2,1-2H3,(H2,17,18). The molecular formula is C16H26N4. The zero-order chi connectivity index (χ0) is 14.1. The van der Waals surface area contributed by atoms with Gasteiger partial charge >= 0.3 is 0 Å². The summed E-state index contributed by atoms with van der Waals surface area (Å²) >= 11 is 0. The molecule has 1 aromatic heterocycles. The molecule has 3 N–H and O–H groups in total. The number of pyridine rings is 1. The minimum absolute atomic E-state index is 0.352. The number of fused-ring (bicyclic) bond motifs is 2. The lowest BCUT2D eigenvalue weighted by molar-refractivity contribution is 0.113. The Bertz CT molecular complexity index is 448. The minimum Gasteiger partial charge on any atom is -0.398 e. The number of nitrogens with two attached hydrogens (primary N) is 1. The van der Waals surface area contributed by atoms with Crippen molar-refractivity contribution in [3.8, 4) is 0 Å². The predicted octanol–water partition coefficient (Wildman–Crippen LogP) is 2.19. The maximum Gasteiger partial charge on any atom is 0.0393 e. The van der Waals surface area contributed by atoms with E-state index in [1.165, 1.54) is 31.2 Å². The van der Waals surface area contributed by atoms with Crippen LogP contribution in [-0.2, 0) is 0 Å². The summed E-state index contributed by atoms with van der Waals surface area (Å²) in [6.45, 7) is 3.14. The highest BCUT2D eigenvalue weighted by molar-refractivity contribution is 5.46. The van der Waals surface area contributed by atoms with Crippen molar-refractivity contribution in [3.63, 3.8) is 0 Å². The van der Waals surface area contributed by atoms with Gasteiger partial charge in [-0.3, -0.25) is 4.98 Å². The molecule has 0 spiro atoms. The van der Waals surface area contributed by atoms with E-state index in [-0.39, 0.29) is 0 Å². The Labute approximate surface area is 121 Å². The summed E-state index contributed by atoms with van der Waals surface area (Å²) in [6.07, 6.45) is 9.00. The van der Waals surface area contributed by atoms with Crippen molar-refractivity contribution in [1.82, 2.24) is 15.2 Å². The Morgan fingerprint density at radius 1 is 1.40 bits per heavy atom. The molecule has 2 saturated heterocycles. The highest BCUT2D eigenvalue weighted by Gasteiger charge is 2.41. The van der Waals surface area contributed by atoms with Crippen LogP contribution in [0.3, 0.4) is 0 Å². The normalized spacial score (nSPS) is 31.4. The first kappa shape index (κ1) is 13.8. The molecule has 0 amide bonds. The third kappa shape index (κ3) is 2.42. The van der Waals surface area contributed by atoms with Gasteiger partial charge < -0.3 is 16.0 Å². The minimum atomic E-state index is 0.352. The second-order valence-electron chi connectivity index (χ2n) is 6.32. The van der Waals surface area contributed by atoms with E-state index in [9.17, 15) is 0 Å². The summed E-state index contributed by atoms with van der Waals surface area (Å²) in [5.41, 5.74) is 8.24. The maximum absolute atomic E-state index is 6.18. The average Bonchev–Trinajstić information content (AvgIpc) is 2.67. The molecule has 2 fully saturated rings. The zero-order valence-electron chi connectivity index (χ0n) is 12.5. The third-order valence-electron chi connectivity index (χ3n) is 5.25. The van der Waals surface area contributed by atoms with Crippen LogP contribution < -0.4 is 11.1 Å². The van der Waals surface area contributed by atoms with Gasteiger partial charge in [-0.25, -0.2) is 0 Å². The second-order valence-corrected chi connectivity index (χ2v) is 6.32. The predicted molar refractivity (Wildman–Crippen MR) is 82.4 cm³/mol. The molecule has 0 aromatic carbocycles. The maximum atomic E-state index is 6.18. The van der Waals surface area contributed by atoms with E-state index >= 15 is 0 Å². The Hall–Kier alpha value is -1.13. The van der Waals surface area contributed by atoms with Gasteiger partial charge in [-0.2, -0.15) is 0 Å². The van der Waals surface area contributed by atoms with Gasteiger partial charge in [0.15, 0.2) is 0 Å². The number of aromatic nitrogens is 1. The van der Waals surface area contributed by atoms with Crippen molar-refractivity contribution in [2.45, 2.75) is 50.7 Å². The quantitative estimate of drug-likeness (QED) is 0.883. The first-order chi connectivity index (χ1) is 9.70. The van der Waals surface area contributed by atoms with Gasteiger partial charge in [0.25, 0.3) is 0 Å². The monoisotopic (exact) mass is 274 g/mol. The lowest BCUT2D eigenvalue weighted by Gasteiger charge is -2.40. The number of hydrogen-bond acceptors (Lipinski definition) is 4. The van der Waals surface area contributed by atoms with Crippen LogP contribution in [0.5, 0.6) is 0 Å². The van der Waals surface area contributed by atoms with Gasteiger partial charge in [-0.1, -0.05) is 6.92 Å². The number of hydrogen-bond donors (Lipinski definition) is 2. The van der Waals surface area contributed by atoms with E-state index < -0.39 is 0 Å². The van der Waals surface area contributed by atoms with E-state index in [0.29, 0.717) is 12.0 Å². The Kier molecular flexibility index (Phi) is 3.94. The molecule has 2 aliphatic rings. The fourth-order valence-corrected chi connectivity index (χ4v) is 4.15. The number of piperidine rings is 1. The van der Waals surface area contributed by atoms with Crippen LogP contribution in [-0.4, -0.2) is 35.6 Å². The molecule has 3 heterocycles. The molecule has 2 bridgehead atoms. The van der Waals surface area contributed by atoms with Crippen molar-refractivity contribution in [2.75, 3.05) is 19.3 Å². The molecule has 3 unspecified atom stereocenters. The van der Waals surface area contributed by atoms with Crippen LogP contribution in [0.1, 0.15) is 44.2 Å². The van der Waals surface area contributed by atoms with E-state index in [1.807, 2.05) is 12.3 Å². The van der Waals surface area contributed by atoms with E-state index in [0.717, 1.165) is 24.3 Å². The first-order valence-electron chi connectivity index (χ1n) is 7.85. The van der Waals surface area contributed by atoms with E-state index in [2.05, 4.69) is 29.2 Å². The zero-order valence-corrected chi connectivity index (χ0v) is 12.5. The number of anilines is 1. The topological polar surface area (TPSA) is 54.2 Å². The first-order valence-corrected chi connectivity index (χ1v) is 7.85. The van der Waals surface area contributed by atoms with Gasteiger partial charge in [-0.05, 0) is 51.3 Å². The highest BCUT2D eigenvalue weighted by atomic mass is 15.2. The van der Waals surface area contributed by atoms with E-state index in [1.54, 1.807) is 6.20 Å². The molecule has 4 heteroatoms. The number of nitrogens with zero attached hydrogens (tertiary/aromatic N) is 2. The molecule has 4 nitrogen and oxygen atoms in total. The van der Waals surface area contributed by atoms with Crippen LogP contribution in [0.25, 0.3) is 0 Å². The highest BCUT2D eigenvalue weighted by Crippen LogP contribution is 2.43. The van der Waals surface area contributed by atoms with Gasteiger partial charge in [0.05, 0.1) is 0 Å². The summed E-state index contributed by atoms with van der Waals surface area (Å²) in [7, 11) is 2.29. The summed E-state index contributed by atoms with van der Waals surface area (Å²) in [5, 5.41) is 3.65. The van der Waals surface area contributed by atoms with Crippen molar-refractivity contribution in [1.29, 1.82) is 0 Å². The number of rotatable bonds is 4. The third-order valence-corrected chi connectivity index (χ3v) is 5.25. The van der Waals surface area contributed by atoms with Crippen LogP contribution in [0.4, 0.5) is 5.69 Å². The molecule has 20 heavy (non-hydrogen) atoms. The molecular weight excluding hydrogens is 248 g/mol. The van der Waals surface area contributed by atoms with Gasteiger partial charge in [0, 0.05) is 41.8 Å². The summed E-state index contributed by atoms with van der Waals surface area (Å²) < 4.78 is 0. The number of nitrogens with one attached hydrogen (secondary N) is 1.